The zero-order chi connectivity index (χ0) is 14.4. The third kappa shape index (κ3) is 3.15. The number of hydrogen-bond donors (Lipinski definition) is 1. The van der Waals surface area contributed by atoms with Crippen LogP contribution in [0.5, 0.6) is 0 Å². The van der Waals surface area contributed by atoms with Gasteiger partial charge in [0.1, 0.15) is 0 Å². The van der Waals surface area contributed by atoms with Gasteiger partial charge in [-0.3, -0.25) is 0 Å². The summed E-state index contributed by atoms with van der Waals surface area (Å²) in [6.07, 6.45) is 7.14. The van der Waals surface area contributed by atoms with Crippen LogP contribution in [0.2, 0.25) is 0 Å². The lowest BCUT2D eigenvalue weighted by atomic mass is 9.70. The van der Waals surface area contributed by atoms with Crippen LogP contribution in [0.15, 0.2) is 15.9 Å². The number of nitrogens with one attached hydrogen (secondary N) is 1. The monoisotopic (exact) mass is 355 g/mol. The molecule has 1 aromatic rings. The van der Waals surface area contributed by atoms with Crippen LogP contribution in [-0.4, -0.2) is 12.1 Å². The molecule has 20 heavy (non-hydrogen) atoms. The first-order chi connectivity index (χ1) is 9.36. The molecule has 0 saturated heterocycles. The Balaban J connectivity index is 1.77. The second kappa shape index (κ2) is 5.40. The molecular weight excluding hydrogens is 330 g/mol. The lowest BCUT2D eigenvalue weighted by molar-refractivity contribution is 0.144. The van der Waals surface area contributed by atoms with Gasteiger partial charge in [-0.1, -0.05) is 6.42 Å². The van der Waals surface area contributed by atoms with Crippen molar-refractivity contribution in [3.63, 3.8) is 0 Å². The molecule has 2 aliphatic rings. The Morgan fingerprint density at radius 1 is 1.40 bits per heavy atom. The molecule has 2 fully saturated rings. The van der Waals surface area contributed by atoms with E-state index in [9.17, 15) is 0 Å². The molecule has 2 bridgehead atoms. The third-order valence-corrected chi connectivity index (χ3v) is 6.92. The highest BCUT2D eigenvalue weighted by Gasteiger charge is 2.50. The number of rotatable bonds is 4. The maximum absolute atomic E-state index is 3.81. The Morgan fingerprint density at radius 2 is 2.20 bits per heavy atom. The highest BCUT2D eigenvalue weighted by molar-refractivity contribution is 9.10. The second-order valence-electron chi connectivity index (χ2n) is 7.95. The van der Waals surface area contributed by atoms with Crippen LogP contribution in [0, 0.1) is 17.3 Å². The Hall–Kier alpha value is 0.140. The van der Waals surface area contributed by atoms with Crippen LogP contribution < -0.4 is 5.32 Å². The summed E-state index contributed by atoms with van der Waals surface area (Å²) in [5, 5.41) is 6.04. The highest BCUT2D eigenvalue weighted by atomic mass is 79.9. The standard InChI is InChI=1S/C17H26BrNS/c1-16(2,3)19-11-17(8-12-4-5-13(17)6-12)9-15-7-14(18)10-20-15/h7,10,12-13,19H,4-6,8-9,11H2,1-3H3. The van der Waals surface area contributed by atoms with E-state index in [0.717, 1.165) is 11.8 Å². The van der Waals surface area contributed by atoms with Gasteiger partial charge in [-0.15, -0.1) is 11.3 Å². The summed E-state index contributed by atoms with van der Waals surface area (Å²) >= 11 is 5.53. The van der Waals surface area contributed by atoms with E-state index in [1.165, 1.54) is 43.1 Å². The van der Waals surface area contributed by atoms with Gasteiger partial charge in [0.2, 0.25) is 0 Å². The van der Waals surface area contributed by atoms with Gasteiger partial charge in [0, 0.05) is 26.8 Å². The van der Waals surface area contributed by atoms with Crippen molar-refractivity contribution in [2.75, 3.05) is 6.54 Å². The maximum Gasteiger partial charge on any atom is 0.0285 e. The van der Waals surface area contributed by atoms with Gasteiger partial charge in [-0.05, 0) is 85.7 Å². The molecule has 1 aromatic heterocycles. The molecule has 2 aliphatic carbocycles. The predicted octanol–water partition coefficient (Wildman–Crippen LogP) is 5.25. The summed E-state index contributed by atoms with van der Waals surface area (Å²) in [5.74, 6) is 1.95. The molecule has 1 nitrogen and oxygen atoms in total. The fraction of sp³-hybridized carbons (Fsp3) is 0.765. The van der Waals surface area contributed by atoms with Crippen LogP contribution >= 0.6 is 27.3 Å². The van der Waals surface area contributed by atoms with Gasteiger partial charge < -0.3 is 5.32 Å². The normalized spacial score (nSPS) is 33.0. The smallest absolute Gasteiger partial charge is 0.0285 e. The van der Waals surface area contributed by atoms with Crippen molar-refractivity contribution in [1.82, 2.24) is 5.32 Å². The average molecular weight is 356 g/mol. The zero-order valence-corrected chi connectivity index (χ0v) is 15.2. The van der Waals surface area contributed by atoms with Gasteiger partial charge in [0.25, 0.3) is 0 Å². The van der Waals surface area contributed by atoms with E-state index in [-0.39, 0.29) is 5.54 Å². The molecule has 1 N–H and O–H groups in total. The number of hydrogen-bond acceptors (Lipinski definition) is 2. The van der Waals surface area contributed by atoms with Crippen LogP contribution in [0.4, 0.5) is 0 Å². The Bertz CT molecular complexity index is 476. The molecule has 0 spiro atoms. The van der Waals surface area contributed by atoms with E-state index in [1.54, 1.807) is 4.88 Å². The molecule has 112 valence electrons. The van der Waals surface area contributed by atoms with Crippen molar-refractivity contribution < 1.29 is 0 Å². The van der Waals surface area contributed by atoms with Crippen LogP contribution in [-0.2, 0) is 6.42 Å². The first-order valence-corrected chi connectivity index (χ1v) is 9.52. The Labute approximate surface area is 135 Å². The summed E-state index contributed by atoms with van der Waals surface area (Å²) in [6, 6.07) is 2.33. The molecule has 3 unspecified atom stereocenters. The van der Waals surface area contributed by atoms with Crippen molar-refractivity contribution in [1.29, 1.82) is 0 Å². The number of fused-ring (bicyclic) bond motifs is 2. The summed E-state index contributed by atoms with van der Waals surface area (Å²) in [7, 11) is 0. The van der Waals surface area contributed by atoms with Crippen molar-refractivity contribution in [2.24, 2.45) is 17.3 Å². The van der Waals surface area contributed by atoms with Gasteiger partial charge in [-0.25, -0.2) is 0 Å². The molecule has 0 amide bonds. The number of halogens is 1. The van der Waals surface area contributed by atoms with Gasteiger partial charge in [0.15, 0.2) is 0 Å². The van der Waals surface area contributed by atoms with Crippen molar-refractivity contribution in [3.8, 4) is 0 Å². The molecule has 3 heteroatoms. The fourth-order valence-electron chi connectivity index (χ4n) is 4.29. The first kappa shape index (κ1) is 15.1. The number of thiophene rings is 1. The highest BCUT2D eigenvalue weighted by Crippen LogP contribution is 2.57. The van der Waals surface area contributed by atoms with E-state index < -0.39 is 0 Å². The largest absolute Gasteiger partial charge is 0.311 e. The van der Waals surface area contributed by atoms with Crippen LogP contribution in [0.3, 0.4) is 0 Å². The minimum absolute atomic E-state index is 0.227. The zero-order valence-electron chi connectivity index (χ0n) is 12.8. The lowest BCUT2D eigenvalue weighted by Gasteiger charge is -2.40. The molecule has 3 atom stereocenters. The van der Waals surface area contributed by atoms with Crippen LogP contribution in [0.25, 0.3) is 0 Å². The summed E-state index contributed by atoms with van der Waals surface area (Å²) in [5.41, 5.74) is 0.741. The summed E-state index contributed by atoms with van der Waals surface area (Å²) in [6.45, 7) is 8.05. The van der Waals surface area contributed by atoms with E-state index in [0.29, 0.717) is 5.41 Å². The predicted molar refractivity (Wildman–Crippen MR) is 91.4 cm³/mol. The Morgan fingerprint density at radius 3 is 2.70 bits per heavy atom. The van der Waals surface area contributed by atoms with E-state index in [1.807, 2.05) is 11.3 Å². The second-order valence-corrected chi connectivity index (χ2v) is 9.87. The van der Waals surface area contributed by atoms with Crippen molar-refractivity contribution in [2.45, 2.75) is 58.4 Å². The van der Waals surface area contributed by atoms with E-state index in [4.69, 9.17) is 0 Å². The molecular formula is C17H26BrNS. The minimum Gasteiger partial charge on any atom is -0.311 e. The van der Waals surface area contributed by atoms with E-state index in [2.05, 4.69) is 53.5 Å². The topological polar surface area (TPSA) is 12.0 Å². The quantitative estimate of drug-likeness (QED) is 0.777. The average Bonchev–Trinajstić information content (AvgIpc) is 3.02. The molecule has 2 saturated carbocycles. The van der Waals surface area contributed by atoms with Crippen molar-refractivity contribution in [3.05, 3.63) is 20.8 Å². The van der Waals surface area contributed by atoms with Crippen LogP contribution in [0.1, 0.15) is 51.3 Å². The fourth-order valence-corrected chi connectivity index (χ4v) is 5.89. The summed E-state index contributed by atoms with van der Waals surface area (Å²) in [4.78, 5) is 1.56. The van der Waals surface area contributed by atoms with Gasteiger partial charge in [0.05, 0.1) is 0 Å². The van der Waals surface area contributed by atoms with E-state index >= 15 is 0 Å². The lowest BCUT2D eigenvalue weighted by Crippen LogP contribution is -2.47. The Kier molecular flexibility index (Phi) is 4.07. The van der Waals surface area contributed by atoms with Gasteiger partial charge in [-0.2, -0.15) is 0 Å². The SMILES string of the molecule is CC(C)(C)NCC1(Cc2cc(Br)cs2)CC2CCC1C2. The van der Waals surface area contributed by atoms with Crippen molar-refractivity contribution >= 4 is 27.3 Å². The summed E-state index contributed by atoms with van der Waals surface area (Å²) < 4.78 is 1.25. The molecule has 0 aliphatic heterocycles. The third-order valence-electron chi connectivity index (χ3n) is 5.22. The molecule has 3 rings (SSSR count). The molecule has 0 radical (unpaired) electrons. The first-order valence-electron chi connectivity index (χ1n) is 7.84. The van der Waals surface area contributed by atoms with Gasteiger partial charge >= 0.3 is 0 Å². The molecule has 0 aromatic carbocycles. The maximum atomic E-state index is 3.81. The minimum atomic E-state index is 0.227. The molecule has 1 heterocycles.